The number of fused-ring (bicyclic) bond motifs is 2. The van der Waals surface area contributed by atoms with Gasteiger partial charge in [0.1, 0.15) is 0 Å². The Balaban J connectivity index is 1.63. The highest BCUT2D eigenvalue weighted by atomic mass is 32.2. The van der Waals surface area contributed by atoms with Gasteiger partial charge in [0.05, 0.1) is 12.0 Å². The molecule has 1 saturated heterocycles. The quantitative estimate of drug-likeness (QED) is 0.528. The van der Waals surface area contributed by atoms with Gasteiger partial charge in [-0.3, -0.25) is 4.90 Å². The van der Waals surface area contributed by atoms with Crippen molar-refractivity contribution < 1.29 is 0 Å². The topological polar surface area (TPSA) is 62.9 Å². The number of nitrogens with one attached hydrogen (secondary N) is 2. The molecule has 0 aromatic carbocycles. The molecule has 1 aliphatic heterocycles. The zero-order valence-electron chi connectivity index (χ0n) is 16.4. The minimum atomic E-state index is 0.0911. The molecule has 4 nitrogen and oxygen atoms in total. The van der Waals surface area contributed by atoms with Gasteiger partial charge >= 0.3 is 0 Å². The van der Waals surface area contributed by atoms with Crippen LogP contribution < -0.4 is 5.32 Å². The fraction of sp³-hybridized carbons (Fsp3) is 0.619. The summed E-state index contributed by atoms with van der Waals surface area (Å²) in [4.78, 5) is 5.32. The summed E-state index contributed by atoms with van der Waals surface area (Å²) in [6, 6.07) is 4.78. The molecule has 0 saturated carbocycles. The molecule has 1 aliphatic carbocycles. The molecule has 0 radical (unpaired) electrons. The highest BCUT2D eigenvalue weighted by molar-refractivity contribution is 7.98. The monoisotopic (exact) mass is 402 g/mol. The number of aryl methyl sites for hydroxylation is 1. The molecule has 1 aromatic heterocycles. The van der Waals surface area contributed by atoms with Gasteiger partial charge in [-0.05, 0) is 69.2 Å². The maximum Gasteiger partial charge on any atom is 0.0724 e. The van der Waals surface area contributed by atoms with Crippen molar-refractivity contribution in [2.75, 3.05) is 38.2 Å². The van der Waals surface area contributed by atoms with Crippen molar-refractivity contribution in [2.45, 2.75) is 43.9 Å². The van der Waals surface area contributed by atoms with Crippen LogP contribution in [0.15, 0.2) is 17.8 Å². The Hall–Kier alpha value is -1.29. The molecule has 1 fully saturated rings. The van der Waals surface area contributed by atoms with Gasteiger partial charge in [0.15, 0.2) is 0 Å². The second-order valence-electron chi connectivity index (χ2n) is 7.73. The molecule has 2 N–H and O–H groups in total. The average molecular weight is 403 g/mol. The van der Waals surface area contributed by atoms with Gasteiger partial charge in [0.25, 0.3) is 0 Å². The molecule has 146 valence electrons. The summed E-state index contributed by atoms with van der Waals surface area (Å²) in [5.74, 6) is 1.17. The largest absolute Gasteiger partial charge is 0.390 e. The van der Waals surface area contributed by atoms with Crippen LogP contribution in [0.1, 0.15) is 46.9 Å². The Morgan fingerprint density at radius 2 is 2.26 bits per heavy atom. The summed E-state index contributed by atoms with van der Waals surface area (Å²) in [7, 11) is 0. The second-order valence-corrected chi connectivity index (χ2v) is 9.97. The third-order valence-electron chi connectivity index (χ3n) is 5.95. The lowest BCUT2D eigenvalue weighted by atomic mass is 9.66. The zero-order chi connectivity index (χ0) is 19.3. The maximum absolute atomic E-state index is 9.52. The van der Waals surface area contributed by atoms with Crippen molar-refractivity contribution in [2.24, 2.45) is 0 Å². The van der Waals surface area contributed by atoms with Crippen molar-refractivity contribution in [1.29, 1.82) is 10.7 Å². The molecular weight excluding hydrogens is 372 g/mol. The lowest BCUT2D eigenvalue weighted by Gasteiger charge is -2.45. The Bertz CT molecular complexity index is 723. The van der Waals surface area contributed by atoms with E-state index in [0.717, 1.165) is 50.3 Å². The van der Waals surface area contributed by atoms with E-state index >= 15 is 0 Å². The Labute approximate surface area is 171 Å². The van der Waals surface area contributed by atoms with Gasteiger partial charge < -0.3 is 10.7 Å². The van der Waals surface area contributed by atoms with Crippen molar-refractivity contribution >= 4 is 29.3 Å². The van der Waals surface area contributed by atoms with Crippen LogP contribution in [0.3, 0.4) is 0 Å². The third-order valence-corrected chi connectivity index (χ3v) is 7.88. The Morgan fingerprint density at radius 3 is 2.93 bits per heavy atom. The van der Waals surface area contributed by atoms with Crippen LogP contribution in [-0.4, -0.2) is 49.3 Å². The summed E-state index contributed by atoms with van der Waals surface area (Å²) in [6.07, 6.45) is 10.1. The van der Waals surface area contributed by atoms with Crippen molar-refractivity contribution in [3.05, 3.63) is 33.2 Å². The minimum Gasteiger partial charge on any atom is -0.390 e. The number of thioether (sulfide) groups is 1. The molecule has 0 bridgehead atoms. The van der Waals surface area contributed by atoms with E-state index in [0.29, 0.717) is 0 Å². The van der Waals surface area contributed by atoms with E-state index in [2.05, 4.69) is 35.5 Å². The van der Waals surface area contributed by atoms with E-state index in [1.165, 1.54) is 34.4 Å². The van der Waals surface area contributed by atoms with Crippen molar-refractivity contribution in [3.63, 3.8) is 0 Å². The fourth-order valence-electron chi connectivity index (χ4n) is 4.40. The molecule has 1 aromatic rings. The highest BCUT2D eigenvalue weighted by Crippen LogP contribution is 2.51. The van der Waals surface area contributed by atoms with Crippen LogP contribution in [0.4, 0.5) is 0 Å². The minimum absolute atomic E-state index is 0.0911. The fourth-order valence-corrected chi connectivity index (χ4v) is 6.07. The highest BCUT2D eigenvalue weighted by Gasteiger charge is 2.43. The van der Waals surface area contributed by atoms with Gasteiger partial charge in [-0.25, -0.2) is 0 Å². The normalized spacial score (nSPS) is 22.3. The third kappa shape index (κ3) is 4.59. The smallest absolute Gasteiger partial charge is 0.0724 e. The summed E-state index contributed by atoms with van der Waals surface area (Å²) in [5.41, 5.74) is 2.65. The molecule has 1 unspecified atom stereocenters. The number of piperidine rings is 1. The summed E-state index contributed by atoms with van der Waals surface area (Å²) >= 11 is 3.75. The number of likely N-dealkylation sites (tertiary alicyclic amines) is 1. The number of hydrogen-bond donors (Lipinski definition) is 2. The Kier molecular flexibility index (Phi) is 7.02. The first-order chi connectivity index (χ1) is 13.1. The summed E-state index contributed by atoms with van der Waals surface area (Å²) in [6.45, 7) is 6.11. The summed E-state index contributed by atoms with van der Waals surface area (Å²) in [5, 5.41) is 20.5. The predicted octanol–water partition coefficient (Wildman–Crippen LogP) is 4.28. The molecule has 1 spiro atoms. The first kappa shape index (κ1) is 20.4. The molecule has 1 atom stereocenters. The number of nitriles is 1. The van der Waals surface area contributed by atoms with E-state index < -0.39 is 0 Å². The molecule has 2 aliphatic rings. The van der Waals surface area contributed by atoms with Crippen LogP contribution in [-0.2, 0) is 5.41 Å². The molecule has 3 rings (SSSR count). The molecule has 6 heteroatoms. The zero-order valence-corrected chi connectivity index (χ0v) is 18.0. The van der Waals surface area contributed by atoms with Gasteiger partial charge in [0.2, 0.25) is 0 Å². The van der Waals surface area contributed by atoms with E-state index in [4.69, 9.17) is 5.41 Å². The lowest BCUT2D eigenvalue weighted by molar-refractivity contribution is 0.156. The van der Waals surface area contributed by atoms with Crippen LogP contribution in [0.25, 0.3) is 0 Å². The predicted molar refractivity (Wildman–Crippen MR) is 117 cm³/mol. The SMILES string of the molecule is CSCCN/C=C(\C=N)CN1CCC2(CCC(C#N)c3cc(C)sc32)CC1. The van der Waals surface area contributed by atoms with Crippen LogP contribution in [0, 0.1) is 23.7 Å². The Morgan fingerprint density at radius 1 is 1.48 bits per heavy atom. The van der Waals surface area contributed by atoms with Gasteiger partial charge in [0, 0.05) is 46.4 Å². The first-order valence-corrected chi connectivity index (χ1v) is 12.0. The van der Waals surface area contributed by atoms with Crippen LogP contribution >= 0.6 is 23.1 Å². The van der Waals surface area contributed by atoms with E-state index in [1.54, 1.807) is 0 Å². The molecule has 0 amide bonds. The van der Waals surface area contributed by atoms with Crippen molar-refractivity contribution in [1.82, 2.24) is 10.2 Å². The van der Waals surface area contributed by atoms with Gasteiger partial charge in [-0.2, -0.15) is 17.0 Å². The second kappa shape index (κ2) is 9.27. The first-order valence-electron chi connectivity index (χ1n) is 9.76. The van der Waals surface area contributed by atoms with E-state index in [1.807, 2.05) is 29.3 Å². The molecule has 2 heterocycles. The van der Waals surface area contributed by atoms with Gasteiger partial charge in [-0.1, -0.05) is 0 Å². The maximum atomic E-state index is 9.52. The number of nitrogens with zero attached hydrogens (tertiary/aromatic N) is 2. The summed E-state index contributed by atoms with van der Waals surface area (Å²) < 4.78 is 0. The van der Waals surface area contributed by atoms with E-state index in [9.17, 15) is 5.26 Å². The van der Waals surface area contributed by atoms with E-state index in [-0.39, 0.29) is 11.3 Å². The van der Waals surface area contributed by atoms with Crippen LogP contribution in [0.2, 0.25) is 0 Å². The number of thiophene rings is 1. The van der Waals surface area contributed by atoms with Gasteiger partial charge in [-0.15, -0.1) is 11.3 Å². The molecular formula is C21H30N4S2. The number of rotatable bonds is 7. The van der Waals surface area contributed by atoms with Crippen molar-refractivity contribution in [3.8, 4) is 6.07 Å². The van der Waals surface area contributed by atoms with Crippen LogP contribution in [0.5, 0.6) is 0 Å². The lowest BCUT2D eigenvalue weighted by Crippen LogP contribution is -2.44. The standard InChI is InChI=1S/C21H30N4S2/c1-16-11-19-18(13-23)3-4-21(20(19)27-16)5-8-25(9-6-21)15-17(12-22)14-24-7-10-26-2/h11-12,14,18,22,24H,3-10,15H2,1-2H3/b17-14+,22-12?. The number of hydrogen-bond acceptors (Lipinski definition) is 6. The average Bonchev–Trinajstić information content (AvgIpc) is 3.09. The molecule has 27 heavy (non-hydrogen) atoms.